The molecule has 6 nitrogen and oxygen atoms in total. The average Bonchev–Trinajstić information content (AvgIpc) is 3.10. The van der Waals surface area contributed by atoms with E-state index in [-0.39, 0.29) is 0 Å². The third-order valence-electron chi connectivity index (χ3n) is 3.01. The molecule has 0 spiro atoms. The minimum Gasteiger partial charge on any atom is -0.375 e. The lowest BCUT2D eigenvalue weighted by atomic mass is 10.2. The first kappa shape index (κ1) is 13.7. The Balaban J connectivity index is 1.51. The minimum atomic E-state index is 0.613. The quantitative estimate of drug-likeness (QED) is 0.751. The summed E-state index contributed by atoms with van der Waals surface area (Å²) in [6.07, 6.45) is 6.72. The predicted molar refractivity (Wildman–Crippen MR) is 79.9 cm³/mol. The van der Waals surface area contributed by atoms with Crippen LogP contribution >= 0.6 is 11.3 Å². The highest BCUT2D eigenvalue weighted by atomic mass is 32.1. The van der Waals surface area contributed by atoms with Crippen LogP contribution < -0.4 is 5.73 Å². The molecule has 0 aliphatic carbocycles. The van der Waals surface area contributed by atoms with Crippen molar-refractivity contribution in [3.05, 3.63) is 52.9 Å². The first-order valence-electron chi connectivity index (χ1n) is 6.70. The van der Waals surface area contributed by atoms with Crippen LogP contribution in [-0.2, 0) is 19.3 Å². The molecule has 0 saturated carbocycles. The van der Waals surface area contributed by atoms with Crippen LogP contribution in [0.4, 0.5) is 5.13 Å². The van der Waals surface area contributed by atoms with Crippen LogP contribution in [0.3, 0.4) is 0 Å². The third-order valence-corrected chi connectivity index (χ3v) is 3.74. The molecule has 0 atom stereocenters. The topological polar surface area (TPSA) is 90.7 Å². The Kier molecular flexibility index (Phi) is 4.20. The van der Waals surface area contributed by atoms with E-state index in [1.54, 1.807) is 12.4 Å². The molecule has 3 aromatic rings. The van der Waals surface area contributed by atoms with Gasteiger partial charge < -0.3 is 10.3 Å². The van der Waals surface area contributed by atoms with Crippen LogP contribution in [0, 0.1) is 0 Å². The average molecular weight is 301 g/mol. The minimum absolute atomic E-state index is 0.613. The summed E-state index contributed by atoms with van der Waals surface area (Å²) >= 11 is 1.47. The van der Waals surface area contributed by atoms with Crippen molar-refractivity contribution in [1.29, 1.82) is 0 Å². The number of aryl methyl sites for hydroxylation is 2. The van der Waals surface area contributed by atoms with Crippen molar-refractivity contribution in [1.82, 2.24) is 20.1 Å². The van der Waals surface area contributed by atoms with Gasteiger partial charge in [0.25, 0.3) is 0 Å². The zero-order valence-corrected chi connectivity index (χ0v) is 12.2. The molecular formula is C14H15N5OS. The SMILES string of the molecule is Nc1nc(CCCc2nc(Cc3ccncc3)no2)cs1. The van der Waals surface area contributed by atoms with Crippen LogP contribution in [0.25, 0.3) is 0 Å². The van der Waals surface area contributed by atoms with Crippen molar-refractivity contribution in [3.8, 4) is 0 Å². The number of hydrogen-bond donors (Lipinski definition) is 1. The van der Waals surface area contributed by atoms with Gasteiger partial charge in [0.1, 0.15) is 0 Å². The Bertz CT molecular complexity index is 694. The van der Waals surface area contributed by atoms with Gasteiger partial charge in [0.2, 0.25) is 5.89 Å². The van der Waals surface area contributed by atoms with E-state index >= 15 is 0 Å². The van der Waals surface area contributed by atoms with Gasteiger partial charge >= 0.3 is 0 Å². The Hall–Kier alpha value is -2.28. The molecular weight excluding hydrogens is 286 g/mol. The van der Waals surface area contributed by atoms with Crippen LogP contribution in [0.2, 0.25) is 0 Å². The maximum absolute atomic E-state index is 5.60. The van der Waals surface area contributed by atoms with Crippen molar-refractivity contribution >= 4 is 16.5 Å². The molecule has 0 unspecified atom stereocenters. The number of hydrogen-bond acceptors (Lipinski definition) is 7. The zero-order valence-electron chi connectivity index (χ0n) is 11.4. The third kappa shape index (κ3) is 3.85. The molecule has 3 aromatic heterocycles. The van der Waals surface area contributed by atoms with Crippen molar-refractivity contribution in [2.75, 3.05) is 5.73 Å². The summed E-state index contributed by atoms with van der Waals surface area (Å²) in [5.41, 5.74) is 7.74. The Morgan fingerprint density at radius 3 is 2.76 bits per heavy atom. The van der Waals surface area contributed by atoms with Gasteiger partial charge in [-0.3, -0.25) is 4.98 Å². The lowest BCUT2D eigenvalue weighted by molar-refractivity contribution is 0.371. The van der Waals surface area contributed by atoms with Crippen LogP contribution in [-0.4, -0.2) is 20.1 Å². The normalized spacial score (nSPS) is 10.9. The van der Waals surface area contributed by atoms with E-state index in [0.717, 1.165) is 30.5 Å². The van der Waals surface area contributed by atoms with Gasteiger partial charge in [-0.2, -0.15) is 4.98 Å². The number of nitrogens with zero attached hydrogens (tertiary/aromatic N) is 4. The Morgan fingerprint density at radius 2 is 2.00 bits per heavy atom. The van der Waals surface area contributed by atoms with Crippen LogP contribution in [0.5, 0.6) is 0 Å². The number of pyridine rings is 1. The number of anilines is 1. The van der Waals surface area contributed by atoms with Gasteiger partial charge in [-0.15, -0.1) is 11.3 Å². The van der Waals surface area contributed by atoms with Gasteiger partial charge in [0.05, 0.1) is 5.69 Å². The molecule has 0 aliphatic heterocycles. The molecule has 21 heavy (non-hydrogen) atoms. The second-order valence-electron chi connectivity index (χ2n) is 4.67. The molecule has 0 amide bonds. The van der Waals surface area contributed by atoms with Crippen molar-refractivity contribution in [3.63, 3.8) is 0 Å². The number of nitrogens with two attached hydrogens (primary N) is 1. The van der Waals surface area contributed by atoms with Crippen molar-refractivity contribution < 1.29 is 4.52 Å². The smallest absolute Gasteiger partial charge is 0.226 e. The van der Waals surface area contributed by atoms with Crippen molar-refractivity contribution in [2.24, 2.45) is 0 Å². The van der Waals surface area contributed by atoms with E-state index in [4.69, 9.17) is 10.3 Å². The Morgan fingerprint density at radius 1 is 1.14 bits per heavy atom. The van der Waals surface area contributed by atoms with Gasteiger partial charge in [-0.05, 0) is 30.5 Å². The van der Waals surface area contributed by atoms with Gasteiger partial charge in [0.15, 0.2) is 11.0 Å². The number of thiazole rings is 1. The van der Waals surface area contributed by atoms with E-state index in [9.17, 15) is 0 Å². The summed E-state index contributed by atoms with van der Waals surface area (Å²) in [5, 5.41) is 6.60. The van der Waals surface area contributed by atoms with Crippen LogP contribution in [0.15, 0.2) is 34.4 Å². The van der Waals surface area contributed by atoms with E-state index in [1.165, 1.54) is 11.3 Å². The molecule has 0 aliphatic rings. The molecule has 7 heteroatoms. The monoisotopic (exact) mass is 301 g/mol. The highest BCUT2D eigenvalue weighted by molar-refractivity contribution is 7.13. The summed E-state index contributed by atoms with van der Waals surface area (Å²) in [6, 6.07) is 3.89. The molecule has 0 radical (unpaired) electrons. The summed E-state index contributed by atoms with van der Waals surface area (Å²) in [6.45, 7) is 0. The van der Waals surface area contributed by atoms with Crippen LogP contribution in [0.1, 0.15) is 29.4 Å². The van der Waals surface area contributed by atoms with Gasteiger partial charge in [-0.25, -0.2) is 4.98 Å². The molecule has 0 aromatic carbocycles. The molecule has 0 fully saturated rings. The zero-order chi connectivity index (χ0) is 14.5. The fourth-order valence-electron chi connectivity index (χ4n) is 2.00. The standard InChI is InChI=1S/C14H15N5OS/c15-14-17-11(9-21-14)2-1-3-13-18-12(19-20-13)8-10-4-6-16-7-5-10/h4-7,9H,1-3,8H2,(H2,15,17). The fraction of sp³-hybridized carbons (Fsp3) is 0.286. The van der Waals surface area contributed by atoms with Gasteiger partial charge in [-0.1, -0.05) is 5.16 Å². The van der Waals surface area contributed by atoms with E-state index in [0.29, 0.717) is 23.3 Å². The molecule has 3 heterocycles. The summed E-state index contributed by atoms with van der Waals surface area (Å²) in [7, 11) is 0. The highest BCUT2D eigenvalue weighted by Gasteiger charge is 2.07. The number of rotatable bonds is 6. The van der Waals surface area contributed by atoms with E-state index < -0.39 is 0 Å². The largest absolute Gasteiger partial charge is 0.375 e. The lowest BCUT2D eigenvalue weighted by Gasteiger charge is -1.94. The van der Waals surface area contributed by atoms with Crippen molar-refractivity contribution in [2.45, 2.75) is 25.7 Å². The molecule has 3 rings (SSSR count). The maximum Gasteiger partial charge on any atom is 0.226 e. The first-order chi connectivity index (χ1) is 10.3. The maximum atomic E-state index is 5.60. The van der Waals surface area contributed by atoms with Gasteiger partial charge in [0, 0.05) is 30.6 Å². The number of aromatic nitrogens is 4. The second-order valence-corrected chi connectivity index (χ2v) is 5.56. The molecule has 0 bridgehead atoms. The summed E-state index contributed by atoms with van der Waals surface area (Å²) in [4.78, 5) is 12.6. The molecule has 108 valence electrons. The summed E-state index contributed by atoms with van der Waals surface area (Å²) in [5.74, 6) is 1.37. The van der Waals surface area contributed by atoms with E-state index in [1.807, 2.05) is 17.5 Å². The first-order valence-corrected chi connectivity index (χ1v) is 7.58. The van der Waals surface area contributed by atoms with E-state index in [2.05, 4.69) is 20.1 Å². The molecule has 0 saturated heterocycles. The lowest BCUT2D eigenvalue weighted by Crippen LogP contribution is -1.93. The summed E-state index contributed by atoms with van der Waals surface area (Å²) < 4.78 is 5.26. The second kappa shape index (κ2) is 6.45. The molecule has 2 N–H and O–H groups in total. The fourth-order valence-corrected chi connectivity index (χ4v) is 2.60. The predicted octanol–water partition coefficient (Wildman–Crippen LogP) is 2.27. The number of nitrogen functional groups attached to an aromatic ring is 1. The highest BCUT2D eigenvalue weighted by Crippen LogP contribution is 2.14. The Labute approximate surface area is 126 Å².